The fraction of sp³-hybridized carbons (Fsp3) is 0.667. The molecule has 0 aromatic carbocycles. The highest BCUT2D eigenvalue weighted by atomic mass is 79.9. The maximum atomic E-state index is 10.8. The average Bonchev–Trinajstić information content (AvgIpc) is 2.82. The predicted octanol–water partition coefficient (Wildman–Crippen LogP) is 2.51. The zero-order valence-corrected chi connectivity index (χ0v) is 11.6. The summed E-state index contributed by atoms with van der Waals surface area (Å²) in [5, 5.41) is 10.8. The predicted molar refractivity (Wildman–Crippen MR) is 69.8 cm³/mol. The summed E-state index contributed by atoms with van der Waals surface area (Å²) in [7, 11) is 0. The smallest absolute Gasteiger partial charge is 0.0748 e. The van der Waals surface area contributed by atoms with Gasteiger partial charge < -0.3 is 10.0 Å². The quantitative estimate of drug-likeness (QED) is 0.907. The van der Waals surface area contributed by atoms with Gasteiger partial charge in [-0.1, -0.05) is 0 Å². The van der Waals surface area contributed by atoms with E-state index in [0.29, 0.717) is 5.92 Å². The van der Waals surface area contributed by atoms with Crippen LogP contribution >= 0.6 is 27.3 Å². The van der Waals surface area contributed by atoms with Crippen LogP contribution in [0.5, 0.6) is 0 Å². The van der Waals surface area contributed by atoms with Gasteiger partial charge in [-0.15, -0.1) is 11.3 Å². The van der Waals surface area contributed by atoms with Crippen LogP contribution in [0.25, 0.3) is 0 Å². The Balaban J connectivity index is 1.77. The number of thiophene rings is 1. The highest BCUT2D eigenvalue weighted by Gasteiger charge is 2.44. The molecule has 3 heterocycles. The molecule has 1 aromatic heterocycles. The lowest BCUT2D eigenvalue weighted by molar-refractivity contribution is -0.0433. The fourth-order valence-electron chi connectivity index (χ4n) is 3.01. The third kappa shape index (κ3) is 1.96. The Hall–Kier alpha value is 0.1000. The summed E-state index contributed by atoms with van der Waals surface area (Å²) in [4.78, 5) is 3.78. The van der Waals surface area contributed by atoms with Crippen molar-refractivity contribution in [3.8, 4) is 0 Å². The molecule has 4 heteroatoms. The van der Waals surface area contributed by atoms with Crippen molar-refractivity contribution < 1.29 is 5.11 Å². The van der Waals surface area contributed by atoms with E-state index in [9.17, 15) is 5.11 Å². The van der Waals surface area contributed by atoms with Gasteiger partial charge in [0, 0.05) is 30.3 Å². The van der Waals surface area contributed by atoms with E-state index in [1.807, 2.05) is 0 Å². The van der Waals surface area contributed by atoms with Crippen LogP contribution in [0.1, 0.15) is 17.7 Å². The molecular formula is C12H16BrNOS. The van der Waals surface area contributed by atoms with Gasteiger partial charge in [0.2, 0.25) is 0 Å². The monoisotopic (exact) mass is 301 g/mol. The van der Waals surface area contributed by atoms with Crippen LogP contribution in [0.4, 0.5) is 0 Å². The maximum Gasteiger partial charge on any atom is 0.0748 e. The van der Waals surface area contributed by atoms with Crippen LogP contribution in [0.15, 0.2) is 15.9 Å². The van der Waals surface area contributed by atoms with Crippen LogP contribution in [-0.2, 0) is 6.42 Å². The summed E-state index contributed by atoms with van der Waals surface area (Å²) < 4.78 is 1.16. The molecule has 16 heavy (non-hydrogen) atoms. The van der Waals surface area contributed by atoms with E-state index < -0.39 is 5.60 Å². The van der Waals surface area contributed by atoms with Crippen molar-refractivity contribution in [3.05, 3.63) is 20.8 Å². The van der Waals surface area contributed by atoms with Gasteiger partial charge in [0.1, 0.15) is 0 Å². The Morgan fingerprint density at radius 3 is 3.12 bits per heavy atom. The van der Waals surface area contributed by atoms with Gasteiger partial charge in [-0.25, -0.2) is 0 Å². The molecule has 0 amide bonds. The van der Waals surface area contributed by atoms with Crippen molar-refractivity contribution >= 4 is 27.3 Å². The zero-order valence-electron chi connectivity index (χ0n) is 9.16. The second-order valence-electron chi connectivity index (χ2n) is 5.02. The molecule has 3 rings (SSSR count). The van der Waals surface area contributed by atoms with E-state index in [1.165, 1.54) is 17.8 Å². The van der Waals surface area contributed by atoms with Gasteiger partial charge in [0.05, 0.1) is 9.39 Å². The summed E-state index contributed by atoms with van der Waals surface area (Å²) in [5.74, 6) is 0.488. The van der Waals surface area contributed by atoms with Gasteiger partial charge in [-0.3, -0.25) is 0 Å². The van der Waals surface area contributed by atoms with Gasteiger partial charge in [0.15, 0.2) is 0 Å². The highest BCUT2D eigenvalue weighted by molar-refractivity contribution is 9.11. The first-order valence-corrected chi connectivity index (χ1v) is 7.46. The summed E-state index contributed by atoms with van der Waals surface area (Å²) in [5.41, 5.74) is -0.447. The molecule has 0 saturated carbocycles. The number of hydrogen-bond acceptors (Lipinski definition) is 3. The van der Waals surface area contributed by atoms with Gasteiger partial charge in [0.25, 0.3) is 0 Å². The van der Waals surface area contributed by atoms with Gasteiger partial charge in [-0.05, 0) is 47.4 Å². The summed E-state index contributed by atoms with van der Waals surface area (Å²) in [6.07, 6.45) is 2.94. The van der Waals surface area contributed by atoms with Crippen LogP contribution in [0, 0.1) is 5.92 Å². The molecule has 2 saturated heterocycles. The van der Waals surface area contributed by atoms with E-state index in [1.54, 1.807) is 11.3 Å². The SMILES string of the molecule is OC1(Cc2ccc(Br)s2)CCN2CCC1C2. The molecule has 88 valence electrons. The van der Waals surface area contributed by atoms with E-state index in [0.717, 1.165) is 29.7 Å². The van der Waals surface area contributed by atoms with Crippen molar-refractivity contribution in [2.75, 3.05) is 19.6 Å². The minimum atomic E-state index is -0.447. The Labute approximate surface area is 108 Å². The lowest BCUT2D eigenvalue weighted by Gasteiger charge is -2.38. The second-order valence-corrected chi connectivity index (χ2v) is 7.57. The first-order valence-electron chi connectivity index (χ1n) is 5.85. The standard InChI is InChI=1S/C12H16BrNOS/c13-11-2-1-10(16-11)7-12(15)4-6-14-5-3-9(12)8-14/h1-2,9,15H,3-8H2. The van der Waals surface area contributed by atoms with Crippen LogP contribution in [0.2, 0.25) is 0 Å². The zero-order chi connectivity index (χ0) is 11.2. The fourth-order valence-corrected chi connectivity index (χ4v) is 4.61. The van der Waals surface area contributed by atoms with E-state index >= 15 is 0 Å². The minimum absolute atomic E-state index is 0.447. The van der Waals surface area contributed by atoms with Crippen molar-refractivity contribution in [2.45, 2.75) is 24.9 Å². The van der Waals surface area contributed by atoms with Crippen LogP contribution in [0.3, 0.4) is 0 Å². The molecule has 0 radical (unpaired) electrons. The first kappa shape index (κ1) is 11.2. The largest absolute Gasteiger partial charge is 0.389 e. The summed E-state index contributed by atoms with van der Waals surface area (Å²) in [6.45, 7) is 3.35. The molecule has 2 aliphatic rings. The Morgan fingerprint density at radius 2 is 2.38 bits per heavy atom. The van der Waals surface area contributed by atoms with E-state index in [2.05, 4.69) is 33.0 Å². The number of halogens is 1. The van der Waals surface area contributed by atoms with Gasteiger partial charge >= 0.3 is 0 Å². The van der Waals surface area contributed by atoms with Crippen LogP contribution < -0.4 is 0 Å². The summed E-state index contributed by atoms with van der Waals surface area (Å²) >= 11 is 5.23. The Bertz CT molecular complexity index is 394. The second kappa shape index (κ2) is 4.09. The third-order valence-corrected chi connectivity index (χ3v) is 5.63. The molecule has 2 bridgehead atoms. The molecular weight excluding hydrogens is 286 g/mol. The van der Waals surface area contributed by atoms with E-state index in [-0.39, 0.29) is 0 Å². The number of fused-ring (bicyclic) bond motifs is 2. The molecule has 1 N–H and O–H groups in total. The Morgan fingerprint density at radius 1 is 1.50 bits per heavy atom. The average molecular weight is 302 g/mol. The topological polar surface area (TPSA) is 23.5 Å². The van der Waals surface area contributed by atoms with Crippen molar-refractivity contribution in [3.63, 3.8) is 0 Å². The lowest BCUT2D eigenvalue weighted by atomic mass is 9.79. The lowest BCUT2D eigenvalue weighted by Crippen LogP contribution is -2.47. The molecule has 3 atom stereocenters. The molecule has 2 fully saturated rings. The first-order chi connectivity index (χ1) is 7.66. The van der Waals surface area contributed by atoms with Gasteiger partial charge in [-0.2, -0.15) is 0 Å². The molecule has 0 spiro atoms. The third-order valence-electron chi connectivity index (χ3n) is 4.00. The number of rotatable bonds is 2. The van der Waals surface area contributed by atoms with Crippen LogP contribution in [-0.4, -0.2) is 35.2 Å². The van der Waals surface area contributed by atoms with Crippen molar-refractivity contribution in [1.29, 1.82) is 0 Å². The minimum Gasteiger partial charge on any atom is -0.389 e. The van der Waals surface area contributed by atoms with E-state index in [4.69, 9.17) is 0 Å². The number of piperidine rings is 1. The molecule has 0 aliphatic carbocycles. The Kier molecular flexibility index (Phi) is 2.86. The highest BCUT2D eigenvalue weighted by Crippen LogP contribution is 2.39. The maximum absolute atomic E-state index is 10.8. The number of aliphatic hydroxyl groups is 1. The van der Waals surface area contributed by atoms with Crippen molar-refractivity contribution in [1.82, 2.24) is 4.90 Å². The molecule has 3 unspecified atom stereocenters. The van der Waals surface area contributed by atoms with Crippen molar-refractivity contribution in [2.24, 2.45) is 5.92 Å². The number of nitrogens with zero attached hydrogens (tertiary/aromatic N) is 1. The number of hydrogen-bond donors (Lipinski definition) is 1. The molecule has 1 aromatic rings. The normalized spacial score (nSPS) is 37.9. The molecule has 2 aliphatic heterocycles. The summed E-state index contributed by atoms with van der Waals surface area (Å²) in [6, 6.07) is 4.21. The molecule has 2 nitrogen and oxygen atoms in total.